The van der Waals surface area contributed by atoms with E-state index in [0.717, 1.165) is 31.5 Å². The molecule has 1 aromatic rings. The topological polar surface area (TPSA) is 47.4 Å². The van der Waals surface area contributed by atoms with Crippen molar-refractivity contribution in [2.75, 3.05) is 13.1 Å². The molecule has 2 heterocycles. The summed E-state index contributed by atoms with van der Waals surface area (Å²) in [6.07, 6.45) is 5.48. The summed E-state index contributed by atoms with van der Waals surface area (Å²) in [6.45, 7) is 13.4. The molecule has 0 N–H and O–H groups in total. The number of carbonyl (C=O) groups is 1. The fourth-order valence-electron chi connectivity index (χ4n) is 3.31. The number of allylic oxidation sites excluding steroid dienone is 1. The van der Waals surface area contributed by atoms with E-state index >= 15 is 0 Å². The van der Waals surface area contributed by atoms with Gasteiger partial charge in [0.2, 0.25) is 0 Å². The Morgan fingerprint density at radius 1 is 1.39 bits per heavy atom. The standard InChI is InChI=1S/C18H29N3O2/c1-13(2)16(15-11-19-12-20(15)6)14-7-9-21(10-8-14)17(22)23-18(3,4)5/h11-12,14,16H,1,7-10H2,2-6H3. The van der Waals surface area contributed by atoms with Crippen LogP contribution in [0.25, 0.3) is 0 Å². The zero-order valence-electron chi connectivity index (χ0n) is 15.0. The number of piperidine rings is 1. The van der Waals surface area contributed by atoms with Crippen LogP contribution in [0.4, 0.5) is 4.79 Å². The Morgan fingerprint density at radius 3 is 2.43 bits per heavy atom. The number of aryl methyl sites for hydroxylation is 1. The normalized spacial score (nSPS) is 17.9. The first-order valence-corrected chi connectivity index (χ1v) is 8.28. The molecule has 0 saturated carbocycles. The van der Waals surface area contributed by atoms with Crippen LogP contribution in [-0.2, 0) is 11.8 Å². The quantitative estimate of drug-likeness (QED) is 0.798. The number of ether oxygens (including phenoxy) is 1. The Bertz CT molecular complexity index is 563. The summed E-state index contributed by atoms with van der Waals surface area (Å²) in [7, 11) is 2.02. The second-order valence-corrected chi connectivity index (χ2v) is 7.56. The predicted molar refractivity (Wildman–Crippen MR) is 91.3 cm³/mol. The van der Waals surface area contributed by atoms with Crippen molar-refractivity contribution in [2.24, 2.45) is 13.0 Å². The van der Waals surface area contributed by atoms with Crippen LogP contribution in [0.3, 0.4) is 0 Å². The second-order valence-electron chi connectivity index (χ2n) is 7.56. The Balaban J connectivity index is 2.01. The van der Waals surface area contributed by atoms with Crippen LogP contribution in [0.15, 0.2) is 24.7 Å². The van der Waals surface area contributed by atoms with E-state index in [0.29, 0.717) is 11.8 Å². The van der Waals surface area contributed by atoms with Crippen LogP contribution >= 0.6 is 0 Å². The molecule has 0 aliphatic carbocycles. The molecule has 5 heteroatoms. The fourth-order valence-corrected chi connectivity index (χ4v) is 3.31. The van der Waals surface area contributed by atoms with Crippen LogP contribution in [-0.4, -0.2) is 39.2 Å². The van der Waals surface area contributed by atoms with E-state index in [1.807, 2.05) is 45.2 Å². The molecule has 1 aromatic heterocycles. The molecule has 1 saturated heterocycles. The van der Waals surface area contributed by atoms with Crippen molar-refractivity contribution in [3.05, 3.63) is 30.4 Å². The maximum atomic E-state index is 12.2. The molecule has 128 valence electrons. The summed E-state index contributed by atoms with van der Waals surface area (Å²) in [6, 6.07) is 0. The summed E-state index contributed by atoms with van der Waals surface area (Å²) in [5.74, 6) is 0.782. The lowest BCUT2D eigenvalue weighted by molar-refractivity contribution is 0.0177. The first kappa shape index (κ1) is 17.6. The van der Waals surface area contributed by atoms with Crippen LogP contribution in [0.5, 0.6) is 0 Å². The molecule has 23 heavy (non-hydrogen) atoms. The first-order chi connectivity index (χ1) is 10.7. The van der Waals surface area contributed by atoms with Gasteiger partial charge in [0, 0.05) is 37.9 Å². The molecule has 1 atom stereocenters. The highest BCUT2D eigenvalue weighted by Crippen LogP contribution is 2.37. The number of hydrogen-bond acceptors (Lipinski definition) is 3. The average molecular weight is 319 g/mol. The van der Waals surface area contributed by atoms with Crippen molar-refractivity contribution < 1.29 is 9.53 Å². The molecule has 1 amide bonds. The first-order valence-electron chi connectivity index (χ1n) is 8.28. The van der Waals surface area contributed by atoms with Crippen molar-refractivity contribution in [1.82, 2.24) is 14.5 Å². The van der Waals surface area contributed by atoms with E-state index in [2.05, 4.69) is 23.1 Å². The fraction of sp³-hybridized carbons (Fsp3) is 0.667. The Morgan fingerprint density at radius 2 is 2.00 bits per heavy atom. The van der Waals surface area contributed by atoms with Gasteiger partial charge in [-0.1, -0.05) is 12.2 Å². The van der Waals surface area contributed by atoms with E-state index in [-0.39, 0.29) is 6.09 Å². The highest BCUT2D eigenvalue weighted by atomic mass is 16.6. The maximum absolute atomic E-state index is 12.2. The minimum atomic E-state index is -0.442. The van der Waals surface area contributed by atoms with Crippen molar-refractivity contribution in [3.63, 3.8) is 0 Å². The smallest absolute Gasteiger partial charge is 0.410 e. The summed E-state index contributed by atoms with van der Waals surface area (Å²) in [5.41, 5.74) is 1.92. The van der Waals surface area contributed by atoms with Gasteiger partial charge in [-0.25, -0.2) is 9.78 Å². The largest absolute Gasteiger partial charge is 0.444 e. The summed E-state index contributed by atoms with van der Waals surface area (Å²) in [5, 5.41) is 0. The average Bonchev–Trinajstić information content (AvgIpc) is 2.84. The molecule has 0 bridgehead atoms. The number of imidazole rings is 1. The monoisotopic (exact) mass is 319 g/mol. The predicted octanol–water partition coefficient (Wildman–Crippen LogP) is 3.73. The number of aromatic nitrogens is 2. The number of nitrogens with zero attached hydrogens (tertiary/aromatic N) is 3. The molecule has 0 radical (unpaired) electrons. The zero-order chi connectivity index (χ0) is 17.2. The Kier molecular flexibility index (Phi) is 5.17. The van der Waals surface area contributed by atoms with Gasteiger partial charge >= 0.3 is 6.09 Å². The second kappa shape index (κ2) is 6.77. The lowest BCUT2D eigenvalue weighted by Gasteiger charge is -2.37. The van der Waals surface area contributed by atoms with Gasteiger partial charge in [-0.15, -0.1) is 0 Å². The summed E-state index contributed by atoms with van der Waals surface area (Å²) < 4.78 is 7.54. The van der Waals surface area contributed by atoms with Gasteiger partial charge in [-0.05, 0) is 46.5 Å². The van der Waals surface area contributed by atoms with Crippen LogP contribution in [0.2, 0.25) is 0 Å². The van der Waals surface area contributed by atoms with Gasteiger partial charge in [0.05, 0.1) is 6.33 Å². The molecule has 0 aromatic carbocycles. The highest BCUT2D eigenvalue weighted by molar-refractivity contribution is 5.68. The molecule has 5 nitrogen and oxygen atoms in total. The SMILES string of the molecule is C=C(C)C(c1cncn1C)C1CCN(C(=O)OC(C)(C)C)CC1. The lowest BCUT2D eigenvalue weighted by atomic mass is 9.79. The van der Waals surface area contributed by atoms with Gasteiger partial charge in [0.25, 0.3) is 0 Å². The Labute approximate surface area is 139 Å². The summed E-state index contributed by atoms with van der Waals surface area (Å²) in [4.78, 5) is 18.2. The third-order valence-corrected chi connectivity index (χ3v) is 4.37. The van der Waals surface area contributed by atoms with Crippen molar-refractivity contribution in [2.45, 2.75) is 52.1 Å². The molecule has 2 rings (SSSR count). The third-order valence-electron chi connectivity index (χ3n) is 4.37. The number of likely N-dealkylation sites (tertiary alicyclic amines) is 1. The van der Waals surface area contributed by atoms with Gasteiger partial charge in [-0.2, -0.15) is 0 Å². The molecule has 1 aliphatic rings. The molecular weight excluding hydrogens is 290 g/mol. The highest BCUT2D eigenvalue weighted by Gasteiger charge is 2.32. The Hall–Kier alpha value is -1.78. The van der Waals surface area contributed by atoms with Crippen molar-refractivity contribution in [1.29, 1.82) is 0 Å². The van der Waals surface area contributed by atoms with Gasteiger partial charge < -0.3 is 14.2 Å². The van der Waals surface area contributed by atoms with Gasteiger partial charge in [-0.3, -0.25) is 0 Å². The number of amides is 1. The van der Waals surface area contributed by atoms with Gasteiger partial charge in [0.1, 0.15) is 5.60 Å². The molecular formula is C18H29N3O2. The van der Waals surface area contributed by atoms with Crippen LogP contribution in [0.1, 0.15) is 52.1 Å². The summed E-state index contributed by atoms with van der Waals surface area (Å²) >= 11 is 0. The zero-order valence-corrected chi connectivity index (χ0v) is 15.0. The molecule has 1 unspecified atom stereocenters. The molecule has 1 aliphatic heterocycles. The minimum Gasteiger partial charge on any atom is -0.444 e. The van der Waals surface area contributed by atoms with E-state index in [4.69, 9.17) is 4.74 Å². The van der Waals surface area contributed by atoms with Crippen molar-refractivity contribution in [3.8, 4) is 0 Å². The number of rotatable bonds is 3. The van der Waals surface area contributed by atoms with E-state index in [1.165, 1.54) is 5.69 Å². The van der Waals surface area contributed by atoms with Crippen LogP contribution in [0, 0.1) is 5.92 Å². The maximum Gasteiger partial charge on any atom is 0.410 e. The van der Waals surface area contributed by atoms with E-state index < -0.39 is 5.60 Å². The lowest BCUT2D eigenvalue weighted by Crippen LogP contribution is -2.42. The minimum absolute atomic E-state index is 0.205. The van der Waals surface area contributed by atoms with E-state index in [1.54, 1.807) is 0 Å². The number of carbonyl (C=O) groups excluding carboxylic acids is 1. The van der Waals surface area contributed by atoms with E-state index in [9.17, 15) is 4.79 Å². The van der Waals surface area contributed by atoms with Gasteiger partial charge in [0.15, 0.2) is 0 Å². The van der Waals surface area contributed by atoms with Crippen molar-refractivity contribution >= 4 is 6.09 Å². The number of hydrogen-bond donors (Lipinski definition) is 0. The molecule has 1 fully saturated rings. The molecule has 0 spiro atoms. The third kappa shape index (κ3) is 4.36. The van der Waals surface area contributed by atoms with Crippen LogP contribution < -0.4 is 0 Å².